The summed E-state index contributed by atoms with van der Waals surface area (Å²) in [6.45, 7) is 2.56. The van der Waals surface area contributed by atoms with Gasteiger partial charge in [-0.1, -0.05) is 6.07 Å². The second-order valence-corrected chi connectivity index (χ2v) is 4.73. The lowest BCUT2D eigenvalue weighted by Crippen LogP contribution is -2.48. The molecule has 1 aromatic heterocycles. The molecule has 4 amide bonds. The summed E-state index contributed by atoms with van der Waals surface area (Å²) in [4.78, 5) is 38.8. The Hall–Kier alpha value is -2.64. The number of rotatable bonds is 5. The van der Waals surface area contributed by atoms with Crippen LogP contribution in [0.1, 0.15) is 25.3 Å². The summed E-state index contributed by atoms with van der Waals surface area (Å²) >= 11 is 0. The van der Waals surface area contributed by atoms with Gasteiger partial charge in [0.25, 0.3) is 0 Å². The summed E-state index contributed by atoms with van der Waals surface area (Å²) in [5.41, 5.74) is 0.742. The second kappa shape index (κ2) is 7.39. The molecule has 0 aliphatic carbocycles. The molecule has 8 nitrogen and oxygen atoms in total. The zero-order valence-electron chi connectivity index (χ0n) is 12.2. The van der Waals surface area contributed by atoms with Crippen LogP contribution in [0.2, 0.25) is 0 Å². The molecule has 1 fully saturated rings. The van der Waals surface area contributed by atoms with Crippen molar-refractivity contribution in [1.82, 2.24) is 20.9 Å². The molecule has 0 radical (unpaired) electrons. The second-order valence-electron chi connectivity index (χ2n) is 4.73. The SMILES string of the molecule is CCOc1ncccc1CNC(=O)C1CCC(=O)NC(=O)N1. The molecule has 22 heavy (non-hydrogen) atoms. The maximum absolute atomic E-state index is 12.1. The first-order valence-electron chi connectivity index (χ1n) is 7.05. The number of hydrogen-bond donors (Lipinski definition) is 3. The lowest BCUT2D eigenvalue weighted by atomic mass is 10.1. The number of carbonyl (C=O) groups excluding carboxylic acids is 3. The van der Waals surface area contributed by atoms with Crippen LogP contribution in [0.4, 0.5) is 4.79 Å². The Balaban J connectivity index is 1.95. The quantitative estimate of drug-likeness (QED) is 0.714. The lowest BCUT2D eigenvalue weighted by molar-refractivity contribution is -0.123. The predicted molar refractivity (Wildman–Crippen MR) is 76.9 cm³/mol. The van der Waals surface area contributed by atoms with E-state index in [0.717, 1.165) is 5.56 Å². The fourth-order valence-electron chi connectivity index (χ4n) is 2.06. The van der Waals surface area contributed by atoms with E-state index in [1.54, 1.807) is 18.3 Å². The molecule has 1 atom stereocenters. The van der Waals surface area contributed by atoms with Crippen molar-refractivity contribution < 1.29 is 19.1 Å². The van der Waals surface area contributed by atoms with E-state index in [0.29, 0.717) is 12.5 Å². The Kier molecular flexibility index (Phi) is 5.29. The molecule has 1 unspecified atom stereocenters. The number of imide groups is 1. The van der Waals surface area contributed by atoms with Crippen molar-refractivity contribution in [3.05, 3.63) is 23.9 Å². The van der Waals surface area contributed by atoms with Crippen LogP contribution >= 0.6 is 0 Å². The number of pyridine rings is 1. The van der Waals surface area contributed by atoms with Crippen LogP contribution in [0.3, 0.4) is 0 Å². The van der Waals surface area contributed by atoms with Crippen LogP contribution < -0.4 is 20.7 Å². The molecule has 118 valence electrons. The minimum absolute atomic E-state index is 0.119. The highest BCUT2D eigenvalue weighted by atomic mass is 16.5. The molecule has 2 rings (SSSR count). The van der Waals surface area contributed by atoms with Gasteiger partial charge in [-0.15, -0.1) is 0 Å². The van der Waals surface area contributed by atoms with Crippen molar-refractivity contribution in [3.8, 4) is 5.88 Å². The topological polar surface area (TPSA) is 109 Å². The molecular weight excluding hydrogens is 288 g/mol. The van der Waals surface area contributed by atoms with Crippen molar-refractivity contribution in [2.75, 3.05) is 6.61 Å². The van der Waals surface area contributed by atoms with Crippen LogP contribution in [0.5, 0.6) is 5.88 Å². The third kappa shape index (κ3) is 4.18. The molecule has 2 heterocycles. The van der Waals surface area contributed by atoms with Crippen LogP contribution in [-0.4, -0.2) is 35.5 Å². The predicted octanol–water partition coefficient (Wildman–Crippen LogP) is 0.0847. The van der Waals surface area contributed by atoms with Crippen molar-refractivity contribution in [2.24, 2.45) is 0 Å². The number of hydrogen-bond acceptors (Lipinski definition) is 5. The van der Waals surface area contributed by atoms with E-state index in [4.69, 9.17) is 4.74 Å². The van der Waals surface area contributed by atoms with Gasteiger partial charge in [-0.3, -0.25) is 14.9 Å². The Bertz CT molecular complexity index is 576. The molecule has 0 spiro atoms. The number of carbonyl (C=O) groups is 3. The van der Waals surface area contributed by atoms with E-state index in [1.807, 2.05) is 6.92 Å². The number of urea groups is 1. The fraction of sp³-hybridized carbons (Fsp3) is 0.429. The highest BCUT2D eigenvalue weighted by Gasteiger charge is 2.25. The molecular formula is C14H18N4O4. The van der Waals surface area contributed by atoms with Crippen molar-refractivity contribution in [2.45, 2.75) is 32.4 Å². The third-order valence-electron chi connectivity index (χ3n) is 3.12. The molecule has 1 aliphatic rings. The monoisotopic (exact) mass is 306 g/mol. The summed E-state index contributed by atoms with van der Waals surface area (Å²) in [5, 5.41) is 7.30. The van der Waals surface area contributed by atoms with E-state index in [2.05, 4.69) is 20.9 Å². The Morgan fingerprint density at radius 2 is 2.32 bits per heavy atom. The Labute approximate surface area is 127 Å². The van der Waals surface area contributed by atoms with Crippen molar-refractivity contribution in [1.29, 1.82) is 0 Å². The van der Waals surface area contributed by atoms with Gasteiger partial charge in [-0.2, -0.15) is 0 Å². The normalized spacial score (nSPS) is 18.0. The van der Waals surface area contributed by atoms with Crippen LogP contribution in [0, 0.1) is 0 Å². The van der Waals surface area contributed by atoms with E-state index in [-0.39, 0.29) is 25.3 Å². The first-order chi connectivity index (χ1) is 10.6. The first kappa shape index (κ1) is 15.7. The average Bonchev–Trinajstić information content (AvgIpc) is 2.67. The van der Waals surface area contributed by atoms with Gasteiger partial charge in [0, 0.05) is 24.7 Å². The van der Waals surface area contributed by atoms with Gasteiger partial charge in [0.2, 0.25) is 17.7 Å². The fourth-order valence-corrected chi connectivity index (χ4v) is 2.06. The Morgan fingerprint density at radius 3 is 3.09 bits per heavy atom. The van der Waals surface area contributed by atoms with Gasteiger partial charge in [-0.25, -0.2) is 9.78 Å². The minimum Gasteiger partial charge on any atom is -0.478 e. The van der Waals surface area contributed by atoms with E-state index < -0.39 is 18.0 Å². The van der Waals surface area contributed by atoms with Gasteiger partial charge in [0.05, 0.1) is 6.61 Å². The summed E-state index contributed by atoms with van der Waals surface area (Å²) in [5.74, 6) is -0.276. The summed E-state index contributed by atoms with van der Waals surface area (Å²) in [7, 11) is 0. The highest BCUT2D eigenvalue weighted by molar-refractivity contribution is 5.98. The van der Waals surface area contributed by atoms with Crippen molar-refractivity contribution in [3.63, 3.8) is 0 Å². The largest absolute Gasteiger partial charge is 0.478 e. The van der Waals surface area contributed by atoms with Crippen LogP contribution in [0.15, 0.2) is 18.3 Å². The molecule has 1 aromatic rings. The molecule has 0 saturated carbocycles. The summed E-state index contributed by atoms with van der Waals surface area (Å²) in [6, 6.07) is 2.16. The zero-order chi connectivity index (χ0) is 15.9. The van der Waals surface area contributed by atoms with Gasteiger partial charge in [0.15, 0.2) is 0 Å². The zero-order valence-corrected chi connectivity index (χ0v) is 12.2. The summed E-state index contributed by atoms with van der Waals surface area (Å²) < 4.78 is 5.38. The van der Waals surface area contributed by atoms with E-state index in [9.17, 15) is 14.4 Å². The van der Waals surface area contributed by atoms with E-state index in [1.165, 1.54) is 0 Å². The maximum Gasteiger partial charge on any atom is 0.322 e. The smallest absolute Gasteiger partial charge is 0.322 e. The van der Waals surface area contributed by atoms with Gasteiger partial charge < -0.3 is 15.4 Å². The summed E-state index contributed by atoms with van der Waals surface area (Å²) in [6.07, 6.45) is 1.99. The lowest BCUT2D eigenvalue weighted by Gasteiger charge is -2.15. The maximum atomic E-state index is 12.1. The molecule has 0 bridgehead atoms. The number of nitrogens with zero attached hydrogens (tertiary/aromatic N) is 1. The molecule has 8 heteroatoms. The van der Waals surface area contributed by atoms with Crippen molar-refractivity contribution >= 4 is 17.8 Å². The van der Waals surface area contributed by atoms with Gasteiger partial charge in [-0.05, 0) is 19.4 Å². The third-order valence-corrected chi connectivity index (χ3v) is 3.12. The number of nitrogens with one attached hydrogen (secondary N) is 3. The number of amides is 4. The molecule has 3 N–H and O–H groups in total. The highest BCUT2D eigenvalue weighted by Crippen LogP contribution is 2.14. The average molecular weight is 306 g/mol. The standard InChI is InChI=1S/C14H18N4O4/c1-2-22-13-9(4-3-7-15-13)8-16-12(20)10-5-6-11(19)18-14(21)17-10/h3-4,7,10H,2,5-6,8H2,1H3,(H,16,20)(H2,17,18,19,21). The van der Waals surface area contributed by atoms with E-state index >= 15 is 0 Å². The molecule has 1 saturated heterocycles. The van der Waals surface area contributed by atoms with Gasteiger partial charge >= 0.3 is 6.03 Å². The number of ether oxygens (including phenoxy) is 1. The minimum atomic E-state index is -0.737. The number of aromatic nitrogens is 1. The Morgan fingerprint density at radius 1 is 1.50 bits per heavy atom. The molecule has 0 aromatic carbocycles. The van der Waals surface area contributed by atoms with Crippen LogP contribution in [0.25, 0.3) is 0 Å². The van der Waals surface area contributed by atoms with Gasteiger partial charge in [0.1, 0.15) is 6.04 Å². The van der Waals surface area contributed by atoms with Crippen LogP contribution in [-0.2, 0) is 16.1 Å². The molecule has 1 aliphatic heterocycles. The first-order valence-corrected chi connectivity index (χ1v) is 7.05.